The van der Waals surface area contributed by atoms with Crippen molar-refractivity contribution in [2.24, 2.45) is 0 Å². The first kappa shape index (κ1) is 15.7. The molecule has 0 aliphatic heterocycles. The fourth-order valence-electron chi connectivity index (χ4n) is 2.07. The zero-order valence-electron chi connectivity index (χ0n) is 12.3. The van der Waals surface area contributed by atoms with Crippen LogP contribution in [0, 0.1) is 0 Å². The molecule has 0 saturated heterocycles. The van der Waals surface area contributed by atoms with Gasteiger partial charge in [-0.3, -0.25) is 5.10 Å². The summed E-state index contributed by atoms with van der Waals surface area (Å²) >= 11 is 0. The Bertz CT molecular complexity index is 649. The van der Waals surface area contributed by atoms with Crippen LogP contribution in [0.15, 0.2) is 36.5 Å². The second-order valence-corrected chi connectivity index (χ2v) is 7.55. The van der Waals surface area contributed by atoms with Crippen LogP contribution in [0.3, 0.4) is 0 Å². The Balaban J connectivity index is 1.89. The standard InChI is InChI=1S/C15H21N3O2S/c1-3-21(19,20)11-12(2)16-10-13-4-6-14(7-5-13)15-8-9-17-18-15/h4-9,12,16H,3,10-11H2,1-2H3,(H,17,18). The molecule has 5 nitrogen and oxygen atoms in total. The van der Waals surface area contributed by atoms with E-state index in [1.165, 1.54) is 0 Å². The van der Waals surface area contributed by atoms with E-state index in [2.05, 4.69) is 15.5 Å². The number of hydrogen-bond acceptors (Lipinski definition) is 4. The van der Waals surface area contributed by atoms with Gasteiger partial charge in [0.05, 0.1) is 11.4 Å². The minimum atomic E-state index is -2.93. The van der Waals surface area contributed by atoms with Gasteiger partial charge >= 0.3 is 0 Å². The third-order valence-corrected chi connectivity index (χ3v) is 5.25. The molecule has 0 aliphatic rings. The second kappa shape index (κ2) is 6.87. The van der Waals surface area contributed by atoms with Gasteiger partial charge in [-0.05, 0) is 24.1 Å². The van der Waals surface area contributed by atoms with Gasteiger partial charge in [0.15, 0.2) is 9.84 Å². The molecule has 0 radical (unpaired) electrons. The third-order valence-electron chi connectivity index (χ3n) is 3.36. The number of aromatic amines is 1. The summed E-state index contributed by atoms with van der Waals surface area (Å²) in [6, 6.07) is 9.98. The zero-order chi connectivity index (χ0) is 15.3. The number of nitrogens with one attached hydrogen (secondary N) is 2. The minimum absolute atomic E-state index is 0.0535. The Morgan fingerprint density at radius 2 is 1.95 bits per heavy atom. The Hall–Kier alpha value is -1.66. The van der Waals surface area contributed by atoms with Gasteiger partial charge in [0, 0.05) is 24.5 Å². The van der Waals surface area contributed by atoms with Gasteiger partial charge in [0.1, 0.15) is 0 Å². The molecular weight excluding hydrogens is 286 g/mol. The van der Waals surface area contributed by atoms with Crippen LogP contribution >= 0.6 is 0 Å². The third kappa shape index (κ3) is 4.68. The van der Waals surface area contributed by atoms with Crippen LogP contribution in [0.5, 0.6) is 0 Å². The van der Waals surface area contributed by atoms with E-state index in [1.807, 2.05) is 37.3 Å². The lowest BCUT2D eigenvalue weighted by atomic mass is 10.1. The number of rotatable bonds is 7. The lowest BCUT2D eigenvalue weighted by Gasteiger charge is -2.13. The maximum absolute atomic E-state index is 11.5. The first-order valence-electron chi connectivity index (χ1n) is 7.02. The average molecular weight is 307 g/mol. The van der Waals surface area contributed by atoms with Crippen molar-refractivity contribution in [3.8, 4) is 11.3 Å². The summed E-state index contributed by atoms with van der Waals surface area (Å²) in [5, 5.41) is 10.1. The van der Waals surface area contributed by atoms with E-state index >= 15 is 0 Å². The van der Waals surface area contributed by atoms with Crippen LogP contribution in [0.4, 0.5) is 0 Å². The molecule has 2 N–H and O–H groups in total. The summed E-state index contributed by atoms with van der Waals surface area (Å²) in [6.07, 6.45) is 1.72. The van der Waals surface area contributed by atoms with E-state index in [1.54, 1.807) is 13.1 Å². The molecule has 114 valence electrons. The average Bonchev–Trinajstić information content (AvgIpc) is 2.99. The summed E-state index contributed by atoms with van der Waals surface area (Å²) in [4.78, 5) is 0. The number of benzene rings is 1. The van der Waals surface area contributed by atoms with Crippen LogP contribution < -0.4 is 5.32 Å². The van der Waals surface area contributed by atoms with Crippen molar-refractivity contribution in [1.82, 2.24) is 15.5 Å². The van der Waals surface area contributed by atoms with E-state index in [-0.39, 0.29) is 17.5 Å². The van der Waals surface area contributed by atoms with E-state index < -0.39 is 9.84 Å². The molecule has 0 bridgehead atoms. The van der Waals surface area contributed by atoms with Gasteiger partial charge in [0.2, 0.25) is 0 Å². The molecule has 0 saturated carbocycles. The predicted octanol–water partition coefficient (Wildman–Crippen LogP) is 1.99. The number of aromatic nitrogens is 2. The molecule has 0 fully saturated rings. The highest BCUT2D eigenvalue weighted by molar-refractivity contribution is 7.91. The van der Waals surface area contributed by atoms with Gasteiger partial charge in [0.25, 0.3) is 0 Å². The quantitative estimate of drug-likeness (QED) is 0.820. The summed E-state index contributed by atoms with van der Waals surface area (Å²) in [7, 11) is -2.93. The maximum atomic E-state index is 11.5. The van der Waals surface area contributed by atoms with Gasteiger partial charge in [-0.2, -0.15) is 5.10 Å². The van der Waals surface area contributed by atoms with E-state index in [0.29, 0.717) is 6.54 Å². The minimum Gasteiger partial charge on any atom is -0.309 e. The summed E-state index contributed by atoms with van der Waals surface area (Å²) in [6.45, 7) is 4.23. The molecule has 1 unspecified atom stereocenters. The van der Waals surface area contributed by atoms with Crippen molar-refractivity contribution < 1.29 is 8.42 Å². The molecule has 0 spiro atoms. The highest BCUT2D eigenvalue weighted by Crippen LogP contribution is 2.16. The topological polar surface area (TPSA) is 74.8 Å². The van der Waals surface area contributed by atoms with Crippen molar-refractivity contribution >= 4 is 9.84 Å². The van der Waals surface area contributed by atoms with E-state index in [0.717, 1.165) is 16.8 Å². The molecule has 0 amide bonds. The Morgan fingerprint density at radius 3 is 2.52 bits per heavy atom. The maximum Gasteiger partial charge on any atom is 0.151 e. The lowest BCUT2D eigenvalue weighted by molar-refractivity contribution is 0.557. The molecule has 1 aromatic heterocycles. The van der Waals surface area contributed by atoms with Crippen molar-refractivity contribution in [3.63, 3.8) is 0 Å². The Kier molecular flexibility index (Phi) is 5.14. The Labute approximate surface area is 125 Å². The van der Waals surface area contributed by atoms with Crippen LogP contribution in [-0.4, -0.2) is 36.2 Å². The number of H-pyrrole nitrogens is 1. The van der Waals surface area contributed by atoms with Crippen molar-refractivity contribution in [2.45, 2.75) is 26.4 Å². The monoisotopic (exact) mass is 307 g/mol. The predicted molar refractivity (Wildman–Crippen MR) is 84.7 cm³/mol. The van der Waals surface area contributed by atoms with Crippen LogP contribution in [0.1, 0.15) is 19.4 Å². The van der Waals surface area contributed by atoms with Gasteiger partial charge < -0.3 is 5.32 Å². The van der Waals surface area contributed by atoms with Crippen LogP contribution in [-0.2, 0) is 16.4 Å². The van der Waals surface area contributed by atoms with Crippen LogP contribution in [0.25, 0.3) is 11.3 Å². The zero-order valence-corrected chi connectivity index (χ0v) is 13.2. The molecule has 0 aliphatic carbocycles. The van der Waals surface area contributed by atoms with Gasteiger partial charge in [-0.1, -0.05) is 31.2 Å². The number of sulfone groups is 1. The highest BCUT2D eigenvalue weighted by Gasteiger charge is 2.13. The summed E-state index contributed by atoms with van der Waals surface area (Å²) < 4.78 is 23.1. The SMILES string of the molecule is CCS(=O)(=O)CC(C)NCc1ccc(-c2ccn[nH]2)cc1. The highest BCUT2D eigenvalue weighted by atomic mass is 32.2. The van der Waals surface area contributed by atoms with E-state index in [9.17, 15) is 8.42 Å². The fraction of sp³-hybridized carbons (Fsp3) is 0.400. The number of nitrogens with zero attached hydrogens (tertiary/aromatic N) is 1. The van der Waals surface area contributed by atoms with Gasteiger partial charge in [-0.25, -0.2) is 8.42 Å². The van der Waals surface area contributed by atoms with Crippen molar-refractivity contribution in [2.75, 3.05) is 11.5 Å². The summed E-state index contributed by atoms with van der Waals surface area (Å²) in [5.74, 6) is 0.369. The van der Waals surface area contributed by atoms with E-state index in [4.69, 9.17) is 0 Å². The molecular formula is C15H21N3O2S. The molecule has 21 heavy (non-hydrogen) atoms. The number of hydrogen-bond donors (Lipinski definition) is 2. The largest absolute Gasteiger partial charge is 0.309 e. The van der Waals surface area contributed by atoms with Crippen LogP contribution in [0.2, 0.25) is 0 Å². The normalized spacial score (nSPS) is 13.2. The molecule has 2 rings (SSSR count). The smallest absolute Gasteiger partial charge is 0.151 e. The van der Waals surface area contributed by atoms with Crippen molar-refractivity contribution in [1.29, 1.82) is 0 Å². The fourth-order valence-corrected chi connectivity index (χ4v) is 3.18. The first-order valence-corrected chi connectivity index (χ1v) is 8.85. The first-order chi connectivity index (χ1) is 10.00. The van der Waals surface area contributed by atoms with Crippen molar-refractivity contribution in [3.05, 3.63) is 42.1 Å². The molecule has 1 atom stereocenters. The van der Waals surface area contributed by atoms with Gasteiger partial charge in [-0.15, -0.1) is 0 Å². The Morgan fingerprint density at radius 1 is 1.24 bits per heavy atom. The molecule has 2 aromatic rings. The molecule has 6 heteroatoms. The molecule has 1 aromatic carbocycles. The lowest BCUT2D eigenvalue weighted by Crippen LogP contribution is -2.33. The molecule has 1 heterocycles. The second-order valence-electron chi connectivity index (χ2n) is 5.15. The summed E-state index contributed by atoms with van der Waals surface area (Å²) in [5.41, 5.74) is 3.19.